The molecule has 0 aromatic rings. The molecule has 0 aliphatic carbocycles. The molecule has 2 nitrogen and oxygen atoms in total. The van der Waals surface area contributed by atoms with Crippen molar-refractivity contribution in [2.24, 2.45) is 5.92 Å². The maximum absolute atomic E-state index is 8.47. The molecule has 9 heavy (non-hydrogen) atoms. The van der Waals surface area contributed by atoms with Crippen molar-refractivity contribution in [1.82, 2.24) is 0 Å². The summed E-state index contributed by atoms with van der Waals surface area (Å²) in [5, 5.41) is 16.9. The minimum absolute atomic E-state index is 0.270. The fourth-order valence-electron chi connectivity index (χ4n) is 0.804. The molecular weight excluding hydrogens is 116 g/mol. The number of hydrogen-bond donors (Lipinski definition) is 2. The highest BCUT2D eigenvalue weighted by Crippen LogP contribution is 2.07. The highest BCUT2D eigenvalue weighted by Gasteiger charge is 1.98. The second-order valence-electron chi connectivity index (χ2n) is 2.48. The lowest BCUT2D eigenvalue weighted by atomic mass is 10.0. The summed E-state index contributed by atoms with van der Waals surface area (Å²) in [6.45, 7) is 2.63. The van der Waals surface area contributed by atoms with Gasteiger partial charge < -0.3 is 10.2 Å². The van der Waals surface area contributed by atoms with Crippen LogP contribution in [-0.2, 0) is 0 Å². The van der Waals surface area contributed by atoms with E-state index in [-0.39, 0.29) is 13.2 Å². The van der Waals surface area contributed by atoms with Gasteiger partial charge in [-0.2, -0.15) is 0 Å². The van der Waals surface area contributed by atoms with E-state index in [9.17, 15) is 0 Å². The van der Waals surface area contributed by atoms with Gasteiger partial charge in [-0.25, -0.2) is 0 Å². The molecule has 0 bridgehead atoms. The van der Waals surface area contributed by atoms with Gasteiger partial charge in [0.2, 0.25) is 0 Å². The van der Waals surface area contributed by atoms with Gasteiger partial charge in [0.15, 0.2) is 0 Å². The zero-order valence-corrected chi connectivity index (χ0v) is 6.01. The van der Waals surface area contributed by atoms with E-state index in [2.05, 4.69) is 6.92 Å². The predicted molar refractivity (Wildman–Crippen MR) is 37.2 cm³/mol. The molecule has 0 saturated heterocycles. The normalized spacial score (nSPS) is 13.7. The van der Waals surface area contributed by atoms with Crippen molar-refractivity contribution in [2.45, 2.75) is 26.2 Å². The molecule has 2 heteroatoms. The first kappa shape index (κ1) is 8.92. The molecule has 0 saturated carbocycles. The Morgan fingerprint density at radius 1 is 1.11 bits per heavy atom. The van der Waals surface area contributed by atoms with Gasteiger partial charge in [-0.1, -0.05) is 6.92 Å². The maximum atomic E-state index is 8.47. The average Bonchev–Trinajstić information content (AvgIpc) is 1.85. The average molecular weight is 132 g/mol. The minimum Gasteiger partial charge on any atom is -0.396 e. The molecule has 1 atom stereocenters. The van der Waals surface area contributed by atoms with Crippen LogP contribution < -0.4 is 0 Å². The van der Waals surface area contributed by atoms with Gasteiger partial charge in [0.25, 0.3) is 0 Å². The van der Waals surface area contributed by atoms with Gasteiger partial charge in [0.1, 0.15) is 0 Å². The Bertz CT molecular complexity index is 54.9. The Balaban J connectivity index is 2.95. The van der Waals surface area contributed by atoms with E-state index in [4.69, 9.17) is 10.2 Å². The van der Waals surface area contributed by atoms with Crippen LogP contribution in [0.5, 0.6) is 0 Å². The number of rotatable bonds is 5. The number of aliphatic hydroxyl groups excluding tert-OH is 2. The fourth-order valence-corrected chi connectivity index (χ4v) is 0.804. The van der Waals surface area contributed by atoms with E-state index in [0.717, 1.165) is 19.3 Å². The largest absolute Gasteiger partial charge is 0.396 e. The summed E-state index contributed by atoms with van der Waals surface area (Å²) in [5.41, 5.74) is 0. The third-order valence-corrected chi connectivity index (χ3v) is 1.48. The van der Waals surface area contributed by atoms with Crippen molar-refractivity contribution in [1.29, 1.82) is 0 Å². The van der Waals surface area contributed by atoms with Crippen molar-refractivity contribution >= 4 is 0 Å². The number of aliphatic hydroxyl groups is 2. The van der Waals surface area contributed by atoms with Gasteiger partial charge in [-0.15, -0.1) is 0 Å². The van der Waals surface area contributed by atoms with Crippen LogP contribution in [0.15, 0.2) is 0 Å². The topological polar surface area (TPSA) is 40.5 Å². The van der Waals surface area contributed by atoms with Crippen LogP contribution in [0.2, 0.25) is 0 Å². The van der Waals surface area contributed by atoms with E-state index in [1.54, 1.807) is 0 Å². The van der Waals surface area contributed by atoms with E-state index >= 15 is 0 Å². The van der Waals surface area contributed by atoms with Crippen LogP contribution in [0, 0.1) is 5.92 Å². The molecule has 56 valence electrons. The molecule has 0 radical (unpaired) electrons. The van der Waals surface area contributed by atoms with Crippen LogP contribution in [0.3, 0.4) is 0 Å². The molecule has 0 aromatic carbocycles. The first-order chi connectivity index (χ1) is 4.31. The monoisotopic (exact) mass is 132 g/mol. The SMILES string of the molecule is C[C@@H](CCO)CCCO. The van der Waals surface area contributed by atoms with Crippen LogP contribution >= 0.6 is 0 Å². The molecule has 0 aromatic heterocycles. The smallest absolute Gasteiger partial charge is 0.0433 e. The second kappa shape index (κ2) is 6.05. The highest BCUT2D eigenvalue weighted by molar-refractivity contribution is 4.50. The molecule has 0 heterocycles. The first-order valence-electron chi connectivity index (χ1n) is 3.53. The maximum Gasteiger partial charge on any atom is 0.0433 e. The first-order valence-corrected chi connectivity index (χ1v) is 3.53. The molecule has 0 rings (SSSR count). The van der Waals surface area contributed by atoms with Crippen LogP contribution in [-0.4, -0.2) is 23.4 Å². The molecule has 2 N–H and O–H groups in total. The van der Waals surface area contributed by atoms with Gasteiger partial charge in [0, 0.05) is 13.2 Å². The lowest BCUT2D eigenvalue weighted by molar-refractivity contribution is 0.239. The third-order valence-electron chi connectivity index (χ3n) is 1.48. The van der Waals surface area contributed by atoms with Gasteiger partial charge in [0.05, 0.1) is 0 Å². The van der Waals surface area contributed by atoms with Gasteiger partial charge in [-0.05, 0) is 25.2 Å². The third kappa shape index (κ3) is 5.80. The van der Waals surface area contributed by atoms with E-state index in [0.29, 0.717) is 5.92 Å². The van der Waals surface area contributed by atoms with Gasteiger partial charge in [-0.3, -0.25) is 0 Å². The van der Waals surface area contributed by atoms with Crippen molar-refractivity contribution in [3.05, 3.63) is 0 Å². The molecule has 0 amide bonds. The molecule has 0 spiro atoms. The Hall–Kier alpha value is -0.0800. The van der Waals surface area contributed by atoms with E-state index in [1.165, 1.54) is 0 Å². The summed E-state index contributed by atoms with van der Waals surface area (Å²) < 4.78 is 0. The van der Waals surface area contributed by atoms with Crippen LogP contribution in [0.4, 0.5) is 0 Å². The van der Waals surface area contributed by atoms with E-state index in [1.807, 2.05) is 0 Å². The molecule has 0 aliphatic heterocycles. The van der Waals surface area contributed by atoms with Crippen LogP contribution in [0.1, 0.15) is 26.2 Å². The summed E-state index contributed by atoms with van der Waals surface area (Å²) in [5.74, 6) is 0.558. The van der Waals surface area contributed by atoms with Crippen molar-refractivity contribution in [3.8, 4) is 0 Å². The van der Waals surface area contributed by atoms with Crippen molar-refractivity contribution in [3.63, 3.8) is 0 Å². The molecular formula is C7H16O2. The van der Waals surface area contributed by atoms with E-state index < -0.39 is 0 Å². The van der Waals surface area contributed by atoms with Gasteiger partial charge >= 0.3 is 0 Å². The zero-order chi connectivity index (χ0) is 7.11. The second-order valence-corrected chi connectivity index (χ2v) is 2.48. The standard InChI is InChI=1S/C7H16O2/c1-7(4-6-9)3-2-5-8/h7-9H,2-6H2,1H3/t7-/m1/s1. The summed E-state index contributed by atoms with van der Waals surface area (Å²) in [6.07, 6.45) is 2.75. The Morgan fingerprint density at radius 2 is 1.78 bits per heavy atom. The molecule has 0 aliphatic rings. The minimum atomic E-state index is 0.270. The summed E-state index contributed by atoms with van der Waals surface area (Å²) in [7, 11) is 0. The lowest BCUT2D eigenvalue weighted by Gasteiger charge is -2.06. The summed E-state index contributed by atoms with van der Waals surface area (Å²) in [4.78, 5) is 0. The number of hydrogen-bond acceptors (Lipinski definition) is 2. The molecule has 0 fully saturated rings. The summed E-state index contributed by atoms with van der Waals surface area (Å²) in [6, 6.07) is 0. The Labute approximate surface area is 56.5 Å². The van der Waals surface area contributed by atoms with Crippen molar-refractivity contribution in [2.75, 3.05) is 13.2 Å². The quantitative estimate of drug-likeness (QED) is 0.580. The highest BCUT2D eigenvalue weighted by atomic mass is 16.3. The summed E-state index contributed by atoms with van der Waals surface area (Å²) >= 11 is 0. The predicted octanol–water partition coefficient (Wildman–Crippen LogP) is 0.777. The lowest BCUT2D eigenvalue weighted by Crippen LogP contribution is -1.98. The van der Waals surface area contributed by atoms with Crippen LogP contribution in [0.25, 0.3) is 0 Å². The zero-order valence-electron chi connectivity index (χ0n) is 6.01. The fraction of sp³-hybridized carbons (Fsp3) is 1.00. The Kier molecular flexibility index (Phi) is 5.99. The molecule has 0 unspecified atom stereocenters. The Morgan fingerprint density at radius 3 is 2.22 bits per heavy atom. The van der Waals surface area contributed by atoms with Crippen molar-refractivity contribution < 1.29 is 10.2 Å².